The van der Waals surface area contributed by atoms with Gasteiger partial charge in [0.05, 0.1) is 6.04 Å². The second-order valence-corrected chi connectivity index (χ2v) is 6.36. The maximum absolute atomic E-state index is 9.39. The summed E-state index contributed by atoms with van der Waals surface area (Å²) in [6.45, 7) is 10.0. The number of benzene rings is 1. The smallest absolute Gasteiger partial charge is 0.243 e. The minimum absolute atomic E-state index is 0.136. The van der Waals surface area contributed by atoms with Gasteiger partial charge >= 0.3 is 0 Å². The quantitative estimate of drug-likeness (QED) is 0.935. The Balaban J connectivity index is 1.60. The number of piperazine rings is 1. The highest BCUT2D eigenvalue weighted by Crippen LogP contribution is 2.24. The number of aromatic hydroxyl groups is 1. The highest BCUT2D eigenvalue weighted by molar-refractivity contribution is 5.49. The standard InChI is InChI=1S/C17H24N4O2/c1-12(2)16-18-17(23-19-16)13(3)20-8-10-21(11-9-20)14-4-6-15(22)7-5-14/h4-7,12-13,22H,8-11H2,1-3H3. The molecule has 0 bridgehead atoms. The minimum Gasteiger partial charge on any atom is -0.508 e. The fraction of sp³-hybridized carbons (Fsp3) is 0.529. The first-order chi connectivity index (χ1) is 11.0. The summed E-state index contributed by atoms with van der Waals surface area (Å²) in [6.07, 6.45) is 0. The molecule has 6 heteroatoms. The molecule has 1 N–H and O–H groups in total. The number of phenols is 1. The van der Waals surface area contributed by atoms with Crippen LogP contribution in [-0.2, 0) is 0 Å². The van der Waals surface area contributed by atoms with E-state index in [1.165, 1.54) is 0 Å². The third-order valence-electron chi connectivity index (χ3n) is 4.41. The lowest BCUT2D eigenvalue weighted by Gasteiger charge is -2.38. The molecule has 1 atom stereocenters. The molecule has 1 aliphatic heterocycles. The summed E-state index contributed by atoms with van der Waals surface area (Å²) in [4.78, 5) is 9.21. The SMILES string of the molecule is CC(C)c1noc(C(C)N2CCN(c3ccc(O)cc3)CC2)n1. The molecule has 23 heavy (non-hydrogen) atoms. The van der Waals surface area contributed by atoms with Crippen LogP contribution in [0.15, 0.2) is 28.8 Å². The zero-order valence-electron chi connectivity index (χ0n) is 13.9. The molecule has 0 amide bonds. The molecule has 124 valence electrons. The van der Waals surface area contributed by atoms with E-state index < -0.39 is 0 Å². The highest BCUT2D eigenvalue weighted by atomic mass is 16.5. The van der Waals surface area contributed by atoms with Crippen LogP contribution in [-0.4, -0.2) is 46.3 Å². The summed E-state index contributed by atoms with van der Waals surface area (Å²) in [5.74, 6) is 2.06. The van der Waals surface area contributed by atoms with Crippen molar-refractivity contribution in [2.24, 2.45) is 0 Å². The molecule has 6 nitrogen and oxygen atoms in total. The van der Waals surface area contributed by atoms with Gasteiger partial charge in [0.1, 0.15) is 5.75 Å². The monoisotopic (exact) mass is 316 g/mol. The second kappa shape index (κ2) is 6.58. The molecule has 1 aliphatic rings. The highest BCUT2D eigenvalue weighted by Gasteiger charge is 2.26. The van der Waals surface area contributed by atoms with Crippen molar-refractivity contribution < 1.29 is 9.63 Å². The Bertz CT molecular complexity index is 630. The molecule has 1 aromatic heterocycles. The van der Waals surface area contributed by atoms with E-state index in [9.17, 15) is 5.11 Å². The van der Waals surface area contributed by atoms with E-state index in [1.807, 2.05) is 12.1 Å². The van der Waals surface area contributed by atoms with Gasteiger partial charge in [-0.05, 0) is 31.2 Å². The molecule has 0 spiro atoms. The van der Waals surface area contributed by atoms with Crippen LogP contribution >= 0.6 is 0 Å². The van der Waals surface area contributed by atoms with Crippen LogP contribution < -0.4 is 4.90 Å². The molecule has 2 aromatic rings. The normalized spacial score (nSPS) is 17.7. The summed E-state index contributed by atoms with van der Waals surface area (Å²) in [5.41, 5.74) is 1.15. The van der Waals surface area contributed by atoms with Gasteiger partial charge in [-0.15, -0.1) is 0 Å². The predicted octanol–water partition coefficient (Wildman–Crippen LogP) is 2.78. The summed E-state index contributed by atoms with van der Waals surface area (Å²) < 4.78 is 5.42. The fourth-order valence-corrected chi connectivity index (χ4v) is 2.84. The molecule has 1 unspecified atom stereocenters. The van der Waals surface area contributed by atoms with Gasteiger partial charge in [-0.2, -0.15) is 4.98 Å². The summed E-state index contributed by atoms with van der Waals surface area (Å²) in [5, 5.41) is 13.4. The van der Waals surface area contributed by atoms with Crippen molar-refractivity contribution >= 4 is 5.69 Å². The third kappa shape index (κ3) is 3.47. The first-order valence-electron chi connectivity index (χ1n) is 8.16. The van der Waals surface area contributed by atoms with E-state index in [0.717, 1.165) is 37.7 Å². The van der Waals surface area contributed by atoms with Crippen LogP contribution in [0, 0.1) is 0 Å². The molecule has 0 aliphatic carbocycles. The Kier molecular flexibility index (Phi) is 4.52. The topological polar surface area (TPSA) is 65.6 Å². The van der Waals surface area contributed by atoms with Crippen molar-refractivity contribution in [3.05, 3.63) is 36.0 Å². The number of rotatable bonds is 4. The van der Waals surface area contributed by atoms with E-state index in [4.69, 9.17) is 4.52 Å². The van der Waals surface area contributed by atoms with Gasteiger partial charge in [-0.3, -0.25) is 4.90 Å². The van der Waals surface area contributed by atoms with E-state index in [0.29, 0.717) is 11.6 Å². The van der Waals surface area contributed by atoms with Crippen LogP contribution in [0.4, 0.5) is 5.69 Å². The Morgan fingerprint density at radius 1 is 1.04 bits per heavy atom. The molecule has 1 saturated heterocycles. The third-order valence-corrected chi connectivity index (χ3v) is 4.41. The van der Waals surface area contributed by atoms with Crippen LogP contribution in [0.25, 0.3) is 0 Å². The first-order valence-corrected chi connectivity index (χ1v) is 8.16. The number of nitrogens with zero attached hydrogens (tertiary/aromatic N) is 4. The molecule has 0 saturated carbocycles. The van der Waals surface area contributed by atoms with Crippen molar-refractivity contribution in [3.8, 4) is 5.75 Å². The first kappa shape index (κ1) is 15.8. The Labute approximate surface area is 136 Å². The van der Waals surface area contributed by atoms with Gasteiger partial charge in [0.2, 0.25) is 5.89 Å². The van der Waals surface area contributed by atoms with Crippen molar-refractivity contribution in [1.29, 1.82) is 0 Å². The van der Waals surface area contributed by atoms with Gasteiger partial charge in [0.25, 0.3) is 0 Å². The van der Waals surface area contributed by atoms with Crippen LogP contribution in [0.3, 0.4) is 0 Å². The summed E-state index contributed by atoms with van der Waals surface area (Å²) >= 11 is 0. The molecule has 1 aromatic carbocycles. The van der Waals surface area contributed by atoms with Crippen molar-refractivity contribution in [2.45, 2.75) is 32.7 Å². The molecule has 3 rings (SSSR count). The van der Waals surface area contributed by atoms with Gasteiger partial charge in [-0.1, -0.05) is 19.0 Å². The number of anilines is 1. The minimum atomic E-state index is 0.136. The van der Waals surface area contributed by atoms with Gasteiger partial charge < -0.3 is 14.5 Å². The number of hydrogen-bond donors (Lipinski definition) is 1. The van der Waals surface area contributed by atoms with E-state index >= 15 is 0 Å². The van der Waals surface area contributed by atoms with Gasteiger partial charge in [-0.25, -0.2) is 0 Å². The molecule has 1 fully saturated rings. The Morgan fingerprint density at radius 3 is 2.26 bits per heavy atom. The molecule has 0 radical (unpaired) electrons. The number of hydrogen-bond acceptors (Lipinski definition) is 6. The molecular weight excluding hydrogens is 292 g/mol. The summed E-state index contributed by atoms with van der Waals surface area (Å²) in [6, 6.07) is 7.52. The zero-order valence-corrected chi connectivity index (χ0v) is 13.9. The maximum atomic E-state index is 9.39. The van der Waals surface area contributed by atoms with Crippen molar-refractivity contribution in [3.63, 3.8) is 0 Å². The van der Waals surface area contributed by atoms with Gasteiger partial charge in [0, 0.05) is 37.8 Å². The predicted molar refractivity (Wildman–Crippen MR) is 88.7 cm³/mol. The lowest BCUT2D eigenvalue weighted by atomic mass is 10.2. The van der Waals surface area contributed by atoms with E-state index in [2.05, 4.69) is 40.7 Å². The largest absolute Gasteiger partial charge is 0.508 e. The lowest BCUT2D eigenvalue weighted by molar-refractivity contribution is 0.164. The lowest BCUT2D eigenvalue weighted by Crippen LogP contribution is -2.47. The van der Waals surface area contributed by atoms with Crippen LogP contribution in [0.5, 0.6) is 5.75 Å². The van der Waals surface area contributed by atoms with Crippen LogP contribution in [0.2, 0.25) is 0 Å². The van der Waals surface area contributed by atoms with Crippen LogP contribution in [0.1, 0.15) is 44.4 Å². The summed E-state index contributed by atoms with van der Waals surface area (Å²) in [7, 11) is 0. The molecule has 2 heterocycles. The van der Waals surface area contributed by atoms with Crippen molar-refractivity contribution in [2.75, 3.05) is 31.1 Å². The zero-order chi connectivity index (χ0) is 16.4. The van der Waals surface area contributed by atoms with Gasteiger partial charge in [0.15, 0.2) is 5.82 Å². The van der Waals surface area contributed by atoms with Crippen molar-refractivity contribution in [1.82, 2.24) is 15.0 Å². The molecular formula is C17H24N4O2. The van der Waals surface area contributed by atoms with E-state index in [1.54, 1.807) is 12.1 Å². The maximum Gasteiger partial charge on any atom is 0.243 e. The fourth-order valence-electron chi connectivity index (χ4n) is 2.84. The Morgan fingerprint density at radius 2 is 1.70 bits per heavy atom. The number of aromatic nitrogens is 2. The second-order valence-electron chi connectivity index (χ2n) is 6.36. The Hall–Kier alpha value is -2.08. The van der Waals surface area contributed by atoms with E-state index in [-0.39, 0.29) is 12.0 Å². The average molecular weight is 316 g/mol. The number of phenolic OH excluding ortho intramolecular Hbond substituents is 1. The average Bonchev–Trinajstić information content (AvgIpc) is 3.05.